The van der Waals surface area contributed by atoms with Crippen LogP contribution in [0.1, 0.15) is 0 Å². The fourth-order valence-corrected chi connectivity index (χ4v) is 2.10. The van der Waals surface area contributed by atoms with Crippen molar-refractivity contribution < 1.29 is 17.1 Å². The summed E-state index contributed by atoms with van der Waals surface area (Å²) in [6.07, 6.45) is 0. The average molecular weight is 422 g/mol. The van der Waals surface area contributed by atoms with Gasteiger partial charge in [-0.2, -0.15) is 24.3 Å². The number of hydrogen-bond acceptors (Lipinski definition) is 0. The van der Waals surface area contributed by atoms with Crippen LogP contribution in [0.2, 0.25) is 5.02 Å². The molecule has 3 aromatic carbocycles. The Bertz CT molecular complexity index is 553. The summed E-state index contributed by atoms with van der Waals surface area (Å²) in [5.41, 5.74) is 2.45. The van der Waals surface area contributed by atoms with Gasteiger partial charge in [0, 0.05) is 5.02 Å². The molecule has 0 nitrogen and oxygen atoms in total. The van der Waals surface area contributed by atoms with E-state index in [1.54, 1.807) is 0 Å². The predicted molar refractivity (Wildman–Crippen MR) is 87.2 cm³/mol. The summed E-state index contributed by atoms with van der Waals surface area (Å²) in [6.45, 7) is 0. The van der Waals surface area contributed by atoms with Crippen LogP contribution in [0.25, 0.3) is 11.1 Å². The summed E-state index contributed by atoms with van der Waals surface area (Å²) in [7, 11) is 0. The first kappa shape index (κ1) is 16.5. The summed E-state index contributed by atoms with van der Waals surface area (Å²) >= 11 is 8.05. The van der Waals surface area contributed by atoms with Crippen molar-refractivity contribution >= 4 is 34.2 Å². The van der Waals surface area contributed by atoms with Crippen molar-refractivity contribution in [2.75, 3.05) is 0 Å². The molecule has 0 aliphatic heterocycles. The Morgan fingerprint density at radius 2 is 1.58 bits per heavy atom. The van der Waals surface area contributed by atoms with Gasteiger partial charge in [0.2, 0.25) is 0 Å². The zero-order valence-corrected chi connectivity index (χ0v) is 14.1. The van der Waals surface area contributed by atoms with E-state index in [0.717, 1.165) is 5.02 Å². The van der Waals surface area contributed by atoms with Gasteiger partial charge in [-0.25, -0.2) is 12.1 Å². The molecule has 0 bridgehead atoms. The Kier molecular flexibility index (Phi) is 7.47. The van der Waals surface area contributed by atoms with Crippen LogP contribution in [-0.4, -0.2) is 0 Å². The molecule has 3 heteroatoms. The molecule has 0 heterocycles. The Labute approximate surface area is 143 Å². The first-order valence-corrected chi connectivity index (χ1v) is 7.06. The van der Waals surface area contributed by atoms with Crippen molar-refractivity contribution in [3.8, 4) is 11.1 Å². The molecule has 0 radical (unpaired) electrons. The fraction of sp³-hybridized carbons (Fsp3) is 0. The van der Waals surface area contributed by atoms with E-state index in [2.05, 4.69) is 46.9 Å². The molecule has 0 atom stereocenters. The summed E-state index contributed by atoms with van der Waals surface area (Å²) in [6, 6.07) is 24.3. The van der Waals surface area contributed by atoms with Gasteiger partial charge in [-0.05, 0) is 0 Å². The number of hydrogen-bond donors (Lipinski definition) is 0. The number of halogens is 2. The third kappa shape index (κ3) is 5.53. The quantitative estimate of drug-likeness (QED) is 0.267. The molecule has 0 spiro atoms. The Hall–Kier alpha value is -0.541. The van der Waals surface area contributed by atoms with Crippen molar-refractivity contribution in [1.82, 2.24) is 0 Å². The van der Waals surface area contributed by atoms with E-state index < -0.39 is 0 Å². The molecule has 0 fully saturated rings. The molecule has 98 valence electrons. The molecular weight excluding hydrogens is 410 g/mol. The summed E-state index contributed by atoms with van der Waals surface area (Å²) in [5.74, 6) is 0. The average Bonchev–Trinajstić information content (AvgIpc) is 3.03. The minimum atomic E-state index is 0. The molecule has 0 aliphatic rings. The monoisotopic (exact) mass is 422 g/mol. The smallest absolute Gasteiger partial charge is 0.213 e. The topological polar surface area (TPSA) is 0 Å². The van der Waals surface area contributed by atoms with E-state index in [1.807, 2.05) is 48.5 Å². The van der Waals surface area contributed by atoms with Gasteiger partial charge in [-0.3, -0.25) is 0 Å². The van der Waals surface area contributed by atoms with Gasteiger partial charge >= 0.3 is 17.1 Å². The maximum Gasteiger partial charge on any atom is 2.00 e. The van der Waals surface area contributed by atoms with Crippen molar-refractivity contribution in [2.24, 2.45) is 0 Å². The van der Waals surface area contributed by atoms with Crippen molar-refractivity contribution in [3.05, 3.63) is 81.4 Å². The maximum absolute atomic E-state index is 5.77. The van der Waals surface area contributed by atoms with E-state index in [9.17, 15) is 0 Å². The van der Waals surface area contributed by atoms with E-state index in [0.29, 0.717) is 0 Å². The number of rotatable bonds is 1. The van der Waals surface area contributed by atoms with Gasteiger partial charge in [0.15, 0.2) is 0 Å². The molecule has 3 rings (SSSR count). The Balaban J connectivity index is 0.000000220. The molecule has 19 heavy (non-hydrogen) atoms. The van der Waals surface area contributed by atoms with Crippen LogP contribution in [0, 0.1) is 3.57 Å². The maximum atomic E-state index is 5.77. The second-order valence-corrected chi connectivity index (χ2v) is 5.47. The zero-order valence-electron chi connectivity index (χ0n) is 10.0. The van der Waals surface area contributed by atoms with Gasteiger partial charge in [0.25, 0.3) is 0 Å². The first-order valence-electron chi connectivity index (χ1n) is 5.60. The molecule has 0 aromatic heterocycles. The van der Waals surface area contributed by atoms with Crippen LogP contribution in [0.3, 0.4) is 0 Å². The molecule has 0 amide bonds. The SMILES string of the molecule is Clc1ccc(-[c-]2cccc2)cc1.Ic1ccc[cH-]1.[Fe+2]. The zero-order chi connectivity index (χ0) is 12.8. The molecule has 0 unspecified atom stereocenters. The molecule has 0 saturated carbocycles. The molecule has 0 saturated heterocycles. The molecular formula is C16H12ClFeI. The van der Waals surface area contributed by atoms with E-state index in [1.165, 1.54) is 14.7 Å². The summed E-state index contributed by atoms with van der Waals surface area (Å²) in [5, 5.41) is 0.783. The van der Waals surface area contributed by atoms with Gasteiger partial charge in [-0.1, -0.05) is 51.9 Å². The Morgan fingerprint density at radius 3 is 2.00 bits per heavy atom. The van der Waals surface area contributed by atoms with Crippen LogP contribution in [0.15, 0.2) is 72.8 Å². The van der Waals surface area contributed by atoms with Crippen LogP contribution < -0.4 is 0 Å². The van der Waals surface area contributed by atoms with Crippen molar-refractivity contribution in [3.63, 3.8) is 0 Å². The summed E-state index contributed by atoms with van der Waals surface area (Å²) < 4.78 is 1.31. The largest absolute Gasteiger partial charge is 2.00 e. The molecule has 0 aliphatic carbocycles. The first-order chi connectivity index (χ1) is 8.75. The number of benzene rings is 1. The standard InChI is InChI=1S/C11H8Cl.C5H4I.Fe/c12-11-7-5-10(6-8-11)9-3-1-2-4-9;6-5-3-1-2-4-5;/h1-8H;1-4H;/q2*-1;+2. The third-order valence-electron chi connectivity index (χ3n) is 2.46. The van der Waals surface area contributed by atoms with Gasteiger partial charge in [0.1, 0.15) is 0 Å². The predicted octanol–water partition coefficient (Wildman–Crippen LogP) is 5.73. The van der Waals surface area contributed by atoms with Crippen LogP contribution in [0.5, 0.6) is 0 Å². The van der Waals surface area contributed by atoms with E-state index >= 15 is 0 Å². The van der Waals surface area contributed by atoms with Gasteiger partial charge in [0.05, 0.1) is 0 Å². The molecule has 0 N–H and O–H groups in total. The van der Waals surface area contributed by atoms with E-state index in [4.69, 9.17) is 11.6 Å². The summed E-state index contributed by atoms with van der Waals surface area (Å²) in [4.78, 5) is 0. The minimum Gasteiger partial charge on any atom is -0.213 e. The van der Waals surface area contributed by atoms with Crippen molar-refractivity contribution in [1.29, 1.82) is 0 Å². The van der Waals surface area contributed by atoms with E-state index in [-0.39, 0.29) is 17.1 Å². The van der Waals surface area contributed by atoms with Crippen LogP contribution in [-0.2, 0) is 17.1 Å². The fourth-order valence-electron chi connectivity index (χ4n) is 1.56. The second-order valence-electron chi connectivity index (χ2n) is 3.78. The molecule has 3 aromatic rings. The Morgan fingerprint density at radius 1 is 0.947 bits per heavy atom. The second kappa shape index (κ2) is 8.59. The van der Waals surface area contributed by atoms with Crippen LogP contribution in [0.4, 0.5) is 0 Å². The minimum absolute atomic E-state index is 0. The van der Waals surface area contributed by atoms with Gasteiger partial charge in [-0.15, -0.1) is 33.4 Å². The van der Waals surface area contributed by atoms with Gasteiger partial charge < -0.3 is 0 Å². The van der Waals surface area contributed by atoms with Crippen molar-refractivity contribution in [2.45, 2.75) is 0 Å². The third-order valence-corrected chi connectivity index (χ3v) is 3.43. The normalized spacial score (nSPS) is 9.16. The van der Waals surface area contributed by atoms with Crippen LogP contribution >= 0.6 is 34.2 Å².